The summed E-state index contributed by atoms with van der Waals surface area (Å²) in [5.74, 6) is -0.178. The predicted octanol–water partition coefficient (Wildman–Crippen LogP) is 3.35. The van der Waals surface area contributed by atoms with E-state index in [0.717, 1.165) is 11.1 Å². The van der Waals surface area contributed by atoms with Gasteiger partial charge in [-0.25, -0.2) is 0 Å². The number of hydrogen-bond donors (Lipinski definition) is 2. The largest absolute Gasteiger partial charge is 0.493 e. The highest BCUT2D eigenvalue weighted by Crippen LogP contribution is 2.30. The van der Waals surface area contributed by atoms with Crippen LogP contribution in [0, 0.1) is 6.92 Å². The van der Waals surface area contributed by atoms with Crippen LogP contribution in [0.25, 0.3) is 0 Å². The van der Waals surface area contributed by atoms with E-state index in [9.17, 15) is 9.59 Å². The first-order chi connectivity index (χ1) is 12.5. The molecule has 0 saturated heterocycles. The molecule has 1 amide bonds. The highest BCUT2D eigenvalue weighted by Gasteiger charge is 2.20. The third-order valence-electron chi connectivity index (χ3n) is 4.13. The lowest BCUT2D eigenvalue weighted by Gasteiger charge is -2.20. The molecule has 1 unspecified atom stereocenters. The number of benzene rings is 2. The van der Waals surface area contributed by atoms with Gasteiger partial charge in [-0.05, 0) is 36.6 Å². The lowest BCUT2D eigenvalue weighted by Crippen LogP contribution is -2.29. The fraction of sp³-hybridized carbons (Fsp3) is 0.300. The summed E-state index contributed by atoms with van der Waals surface area (Å²) >= 11 is 0. The molecule has 2 rings (SSSR count). The van der Waals surface area contributed by atoms with Crippen molar-refractivity contribution in [2.24, 2.45) is 0 Å². The van der Waals surface area contributed by atoms with Gasteiger partial charge in [-0.2, -0.15) is 0 Å². The number of carboxylic acids is 1. The molecular weight excluding hydrogens is 334 g/mol. The summed E-state index contributed by atoms with van der Waals surface area (Å²) < 4.78 is 10.5. The van der Waals surface area contributed by atoms with Crippen LogP contribution < -0.4 is 14.8 Å². The topological polar surface area (TPSA) is 84.9 Å². The molecule has 26 heavy (non-hydrogen) atoms. The first-order valence-electron chi connectivity index (χ1n) is 8.26. The van der Waals surface area contributed by atoms with Crippen molar-refractivity contribution in [3.05, 3.63) is 59.2 Å². The molecule has 0 aromatic heterocycles. The number of aliphatic carboxylic acids is 1. The minimum Gasteiger partial charge on any atom is -0.493 e. The molecular formula is C20H23NO5. The number of carboxylic acid groups (broad SMARTS) is 1. The molecule has 0 heterocycles. The maximum atomic E-state index is 12.8. The molecule has 0 saturated carbocycles. The molecule has 6 nitrogen and oxygen atoms in total. The number of carbonyl (C=O) groups is 2. The second-order valence-corrected chi connectivity index (χ2v) is 5.89. The molecule has 0 fully saturated rings. The Balaban J connectivity index is 2.27. The van der Waals surface area contributed by atoms with Gasteiger partial charge in [0, 0.05) is 12.0 Å². The second-order valence-electron chi connectivity index (χ2n) is 5.89. The predicted molar refractivity (Wildman–Crippen MR) is 97.8 cm³/mol. The summed E-state index contributed by atoms with van der Waals surface area (Å²) in [6, 6.07) is 12.3. The number of methoxy groups -OCH3 is 2. The van der Waals surface area contributed by atoms with Crippen molar-refractivity contribution < 1.29 is 24.2 Å². The van der Waals surface area contributed by atoms with Gasteiger partial charge >= 0.3 is 5.97 Å². The lowest BCUT2D eigenvalue weighted by atomic mass is 10.0. The maximum absolute atomic E-state index is 12.8. The number of hydrogen-bond acceptors (Lipinski definition) is 4. The summed E-state index contributed by atoms with van der Waals surface area (Å²) in [6.07, 6.45) is 0.266. The van der Waals surface area contributed by atoms with Crippen molar-refractivity contribution in [1.29, 1.82) is 0 Å². The number of carbonyl (C=O) groups excluding carboxylic acids is 1. The lowest BCUT2D eigenvalue weighted by molar-refractivity contribution is -0.137. The quantitative estimate of drug-likeness (QED) is 0.757. The molecule has 0 bridgehead atoms. The Morgan fingerprint density at radius 1 is 1.08 bits per heavy atom. The van der Waals surface area contributed by atoms with Crippen LogP contribution in [0.15, 0.2) is 42.5 Å². The molecule has 1 atom stereocenters. The second kappa shape index (κ2) is 8.89. The first-order valence-corrected chi connectivity index (χ1v) is 8.26. The van der Waals surface area contributed by atoms with E-state index in [2.05, 4.69) is 5.32 Å². The van der Waals surface area contributed by atoms with E-state index in [-0.39, 0.29) is 12.3 Å². The van der Waals surface area contributed by atoms with Crippen LogP contribution in [0.2, 0.25) is 0 Å². The molecule has 0 radical (unpaired) electrons. The molecule has 6 heteroatoms. The molecule has 2 N–H and O–H groups in total. The van der Waals surface area contributed by atoms with Crippen LogP contribution in [-0.4, -0.2) is 31.2 Å². The normalized spacial score (nSPS) is 11.5. The van der Waals surface area contributed by atoms with Gasteiger partial charge in [0.1, 0.15) is 0 Å². The summed E-state index contributed by atoms with van der Waals surface area (Å²) in [5.41, 5.74) is 2.06. The fourth-order valence-corrected chi connectivity index (χ4v) is 2.74. The molecule has 2 aromatic rings. The fourth-order valence-electron chi connectivity index (χ4n) is 2.74. The Kier molecular flexibility index (Phi) is 6.60. The van der Waals surface area contributed by atoms with Crippen LogP contribution in [0.1, 0.15) is 40.4 Å². The van der Waals surface area contributed by atoms with Crippen molar-refractivity contribution in [1.82, 2.24) is 5.32 Å². The van der Waals surface area contributed by atoms with Gasteiger partial charge < -0.3 is 19.9 Å². The number of ether oxygens (including phenoxy) is 2. The number of aryl methyl sites for hydroxylation is 1. The van der Waals surface area contributed by atoms with Crippen LogP contribution >= 0.6 is 0 Å². The Morgan fingerprint density at radius 2 is 1.69 bits per heavy atom. The van der Waals surface area contributed by atoms with Crippen molar-refractivity contribution >= 4 is 11.9 Å². The molecule has 0 aliphatic heterocycles. The average molecular weight is 357 g/mol. The maximum Gasteiger partial charge on any atom is 0.303 e. The summed E-state index contributed by atoms with van der Waals surface area (Å²) in [6.45, 7) is 1.81. The van der Waals surface area contributed by atoms with E-state index in [4.69, 9.17) is 14.6 Å². The number of rotatable bonds is 8. The highest BCUT2D eigenvalue weighted by atomic mass is 16.5. The number of nitrogens with one attached hydrogen (secondary N) is 1. The van der Waals surface area contributed by atoms with Crippen LogP contribution in [0.4, 0.5) is 0 Å². The average Bonchev–Trinajstić information content (AvgIpc) is 2.65. The van der Waals surface area contributed by atoms with E-state index >= 15 is 0 Å². The van der Waals surface area contributed by atoms with Gasteiger partial charge in [-0.1, -0.05) is 30.3 Å². The minimum absolute atomic E-state index is 0.0369. The zero-order chi connectivity index (χ0) is 19.1. The first kappa shape index (κ1) is 19.3. The molecule has 0 aliphatic rings. The molecule has 0 spiro atoms. The minimum atomic E-state index is -0.900. The smallest absolute Gasteiger partial charge is 0.303 e. The van der Waals surface area contributed by atoms with E-state index in [1.54, 1.807) is 12.1 Å². The molecule has 138 valence electrons. The Morgan fingerprint density at radius 3 is 2.27 bits per heavy atom. The van der Waals surface area contributed by atoms with Gasteiger partial charge in [0.15, 0.2) is 11.5 Å². The van der Waals surface area contributed by atoms with Crippen molar-refractivity contribution in [3.63, 3.8) is 0 Å². The standard InChI is InChI=1S/C20H23NO5/c1-13-11-17(25-2)18(26-3)12-15(13)20(24)21-16(9-10-19(22)23)14-7-5-4-6-8-14/h4-8,11-12,16H,9-10H2,1-3H3,(H,21,24)(H,22,23). The van der Waals surface area contributed by atoms with E-state index in [1.165, 1.54) is 14.2 Å². The van der Waals surface area contributed by atoms with Gasteiger partial charge in [0.05, 0.1) is 20.3 Å². The van der Waals surface area contributed by atoms with Crippen molar-refractivity contribution in [2.45, 2.75) is 25.8 Å². The SMILES string of the molecule is COc1cc(C)c(C(=O)NC(CCC(=O)O)c2ccccc2)cc1OC. The zero-order valence-corrected chi connectivity index (χ0v) is 15.1. The molecule has 0 aliphatic carbocycles. The summed E-state index contributed by atoms with van der Waals surface area (Å²) in [7, 11) is 3.04. The Bertz CT molecular complexity index is 773. The Labute approximate surface area is 152 Å². The van der Waals surface area contributed by atoms with Crippen LogP contribution in [-0.2, 0) is 4.79 Å². The van der Waals surface area contributed by atoms with E-state index in [1.807, 2.05) is 37.3 Å². The zero-order valence-electron chi connectivity index (χ0n) is 15.1. The summed E-state index contributed by atoms with van der Waals surface area (Å²) in [5, 5.41) is 11.9. The van der Waals surface area contributed by atoms with Gasteiger partial charge in [-0.15, -0.1) is 0 Å². The van der Waals surface area contributed by atoms with Gasteiger partial charge in [-0.3, -0.25) is 9.59 Å². The Hall–Kier alpha value is -3.02. The molecule has 2 aromatic carbocycles. The number of amides is 1. The highest BCUT2D eigenvalue weighted by molar-refractivity contribution is 5.96. The van der Waals surface area contributed by atoms with Crippen LogP contribution in [0.5, 0.6) is 11.5 Å². The van der Waals surface area contributed by atoms with Gasteiger partial charge in [0.2, 0.25) is 0 Å². The third-order valence-corrected chi connectivity index (χ3v) is 4.13. The van der Waals surface area contributed by atoms with E-state index in [0.29, 0.717) is 23.5 Å². The van der Waals surface area contributed by atoms with Crippen LogP contribution in [0.3, 0.4) is 0 Å². The van der Waals surface area contributed by atoms with Gasteiger partial charge in [0.25, 0.3) is 5.91 Å². The van der Waals surface area contributed by atoms with Crippen molar-refractivity contribution in [2.75, 3.05) is 14.2 Å². The van der Waals surface area contributed by atoms with E-state index < -0.39 is 12.0 Å². The third kappa shape index (κ3) is 4.75. The summed E-state index contributed by atoms with van der Waals surface area (Å²) in [4.78, 5) is 23.8. The van der Waals surface area contributed by atoms with Crippen molar-refractivity contribution in [3.8, 4) is 11.5 Å². The monoisotopic (exact) mass is 357 g/mol.